The van der Waals surface area contributed by atoms with E-state index in [1.807, 2.05) is 73.7 Å². The van der Waals surface area contributed by atoms with E-state index in [-0.39, 0.29) is 24.1 Å². The van der Waals surface area contributed by atoms with Gasteiger partial charge in [-0.3, -0.25) is 34.6 Å². The second-order valence-electron chi connectivity index (χ2n) is 17.1. The van der Waals surface area contributed by atoms with E-state index in [0.717, 1.165) is 91.3 Å². The summed E-state index contributed by atoms with van der Waals surface area (Å²) in [5, 5.41) is 24.9. The summed E-state index contributed by atoms with van der Waals surface area (Å²) in [5.74, 6) is 0.857. The van der Waals surface area contributed by atoms with Gasteiger partial charge in [-0.1, -0.05) is 24.3 Å². The van der Waals surface area contributed by atoms with Crippen LogP contribution < -0.4 is 31.4 Å². The van der Waals surface area contributed by atoms with Crippen molar-refractivity contribution >= 4 is 40.7 Å². The van der Waals surface area contributed by atoms with Crippen molar-refractivity contribution in [2.75, 3.05) is 63.3 Å². The highest BCUT2D eigenvalue weighted by Gasteiger charge is 2.40. The minimum Gasteiger partial charge on any atom is -0.494 e. The number of carbonyl (C=O) groups is 4. The molecule has 356 valence electrons. The molecule has 4 amide bonds. The van der Waals surface area contributed by atoms with Gasteiger partial charge in [-0.25, -0.2) is 10.4 Å². The summed E-state index contributed by atoms with van der Waals surface area (Å²) in [6.45, 7) is 7.28. The van der Waals surface area contributed by atoms with Crippen LogP contribution in [0.15, 0.2) is 96.4 Å². The molecule has 3 aliphatic rings. The number of hydrogen-bond donors (Lipinski definition) is 6. The number of nitrogens with zero attached hydrogens (tertiary/aromatic N) is 5. The number of imide groups is 1. The number of ether oxygens (including phenoxy) is 3. The van der Waals surface area contributed by atoms with Gasteiger partial charge in [0, 0.05) is 90.9 Å². The third kappa shape index (κ3) is 12.1. The lowest BCUT2D eigenvalue weighted by atomic mass is 9.87. The number of amides is 4. The number of aromatic nitrogens is 4. The second kappa shape index (κ2) is 23.1. The van der Waals surface area contributed by atoms with Crippen LogP contribution in [0.2, 0.25) is 0 Å². The summed E-state index contributed by atoms with van der Waals surface area (Å²) in [5.41, 5.74) is 8.14. The van der Waals surface area contributed by atoms with Gasteiger partial charge in [0.05, 0.1) is 24.5 Å². The van der Waals surface area contributed by atoms with E-state index in [9.17, 15) is 19.2 Å². The first kappa shape index (κ1) is 47.5. The number of H-pyrrole nitrogens is 1. The quantitative estimate of drug-likeness (QED) is 0.0205. The maximum atomic E-state index is 13.3. The number of fused-ring (bicyclic) bond motifs is 1. The summed E-state index contributed by atoms with van der Waals surface area (Å²) in [4.78, 5) is 60.9. The highest BCUT2D eigenvalue weighted by atomic mass is 16.5. The second-order valence-corrected chi connectivity index (χ2v) is 17.1. The summed E-state index contributed by atoms with van der Waals surface area (Å²) in [6, 6.07) is 23.7. The molecule has 5 heterocycles. The molecule has 0 spiro atoms. The Balaban J connectivity index is 0.689. The molecule has 0 bridgehead atoms. The van der Waals surface area contributed by atoms with Crippen molar-refractivity contribution in [2.24, 2.45) is 5.10 Å². The van der Waals surface area contributed by atoms with Crippen molar-refractivity contribution < 1.29 is 33.4 Å². The van der Waals surface area contributed by atoms with Gasteiger partial charge in [-0.15, -0.1) is 0 Å². The Labute approximate surface area is 395 Å². The Morgan fingerprint density at radius 1 is 0.868 bits per heavy atom. The van der Waals surface area contributed by atoms with E-state index >= 15 is 0 Å². The number of hydrazone groups is 1. The van der Waals surface area contributed by atoms with Crippen molar-refractivity contribution in [1.82, 2.24) is 41.1 Å². The minimum atomic E-state index is -0.641. The fraction of sp³-hybridized carbons (Fsp3) is 0.400. The topological polar surface area (TPSA) is 226 Å². The summed E-state index contributed by atoms with van der Waals surface area (Å²) in [6.07, 6.45) is 9.12. The van der Waals surface area contributed by atoms with Crippen LogP contribution in [0.5, 0.6) is 5.75 Å². The number of unbranched alkanes of at least 4 members (excludes halogenated alkanes) is 2. The first-order valence-electron chi connectivity index (χ1n) is 23.4. The molecule has 3 aromatic carbocycles. The number of anilines is 2. The molecule has 1 unspecified atom stereocenters. The zero-order chi connectivity index (χ0) is 47.1. The first-order valence-corrected chi connectivity index (χ1v) is 23.4. The normalized spacial score (nSPS) is 16.8. The Kier molecular flexibility index (Phi) is 16.1. The molecule has 18 nitrogen and oxygen atoms in total. The van der Waals surface area contributed by atoms with Gasteiger partial charge in [0.15, 0.2) is 11.6 Å². The molecule has 0 aliphatic carbocycles. The standard InChI is InChI=1S/C50H59N11O7/c1-34(57-59-46(63)37-10-5-11-38(31-37)56-50(19-23-52-24-20-50)49-55-45(58-60-49)35-17-21-51-22-18-35)36-9-6-12-39(32-36)68-29-4-2-3-26-66-27-8-28-67-30-25-53-42-14-7-13-40-41(42)33-61(48(40)65)43-15-16-44(62)54-47(43)64/h5-7,9-14,17-18,21-22,31-32,43,52-53,56H,2-4,8,15-16,19-20,23-30,33H2,1H3,(H,59,63)(H,54,62,64)(H,55,58,60)/b57-34+. The molecule has 2 saturated heterocycles. The lowest BCUT2D eigenvalue weighted by molar-refractivity contribution is -0.136. The molecule has 2 fully saturated rings. The number of aromatic amines is 1. The molecule has 3 aliphatic heterocycles. The third-order valence-corrected chi connectivity index (χ3v) is 12.3. The van der Waals surface area contributed by atoms with E-state index < -0.39 is 17.5 Å². The van der Waals surface area contributed by atoms with Crippen LogP contribution in [0.4, 0.5) is 11.4 Å². The number of benzene rings is 3. The minimum absolute atomic E-state index is 0.191. The van der Waals surface area contributed by atoms with Crippen molar-refractivity contribution in [2.45, 2.75) is 76.4 Å². The molecule has 2 aromatic heterocycles. The average molecular weight is 926 g/mol. The molecular formula is C50H59N11O7. The molecule has 0 radical (unpaired) electrons. The van der Waals surface area contributed by atoms with E-state index in [2.05, 4.69) is 47.0 Å². The predicted molar refractivity (Wildman–Crippen MR) is 256 cm³/mol. The average Bonchev–Trinajstić information content (AvgIpc) is 4.00. The maximum absolute atomic E-state index is 13.3. The molecular weight excluding hydrogens is 867 g/mol. The van der Waals surface area contributed by atoms with Gasteiger partial charge in [0.2, 0.25) is 11.8 Å². The molecule has 1 atom stereocenters. The number of rotatable bonds is 23. The molecule has 6 N–H and O–H groups in total. The summed E-state index contributed by atoms with van der Waals surface area (Å²) >= 11 is 0. The number of piperidine rings is 2. The van der Waals surface area contributed by atoms with Crippen molar-refractivity contribution in [3.8, 4) is 17.1 Å². The number of nitrogens with one attached hydrogen (secondary N) is 6. The smallest absolute Gasteiger partial charge is 0.271 e. The van der Waals surface area contributed by atoms with E-state index in [4.69, 9.17) is 19.2 Å². The van der Waals surface area contributed by atoms with Crippen molar-refractivity contribution in [1.29, 1.82) is 0 Å². The van der Waals surface area contributed by atoms with E-state index in [1.165, 1.54) is 0 Å². The Morgan fingerprint density at radius 2 is 1.63 bits per heavy atom. The number of pyridine rings is 1. The van der Waals surface area contributed by atoms with Crippen molar-refractivity contribution in [3.05, 3.63) is 119 Å². The number of carbonyl (C=O) groups excluding carboxylic acids is 4. The van der Waals surface area contributed by atoms with Crippen LogP contribution in [0.3, 0.4) is 0 Å². The first-order chi connectivity index (χ1) is 33.3. The summed E-state index contributed by atoms with van der Waals surface area (Å²) < 4.78 is 17.7. The monoisotopic (exact) mass is 925 g/mol. The van der Waals surface area contributed by atoms with Gasteiger partial charge in [-0.05, 0) is 120 Å². The van der Waals surface area contributed by atoms with Crippen LogP contribution in [0.25, 0.3) is 11.4 Å². The van der Waals surface area contributed by atoms with Crippen LogP contribution in [-0.4, -0.2) is 113 Å². The van der Waals surface area contributed by atoms with Crippen LogP contribution in [0.1, 0.15) is 96.0 Å². The van der Waals surface area contributed by atoms with Crippen LogP contribution in [0, 0.1) is 0 Å². The molecule has 0 saturated carbocycles. The van der Waals surface area contributed by atoms with Crippen LogP contribution >= 0.6 is 0 Å². The van der Waals surface area contributed by atoms with Gasteiger partial charge >= 0.3 is 0 Å². The molecule has 68 heavy (non-hydrogen) atoms. The Bertz CT molecular complexity index is 2560. The Hall–Kier alpha value is -7.02. The molecule has 8 rings (SSSR count). The lowest BCUT2D eigenvalue weighted by Gasteiger charge is -2.37. The Morgan fingerprint density at radius 3 is 2.47 bits per heavy atom. The zero-order valence-corrected chi connectivity index (χ0v) is 38.4. The lowest BCUT2D eigenvalue weighted by Crippen LogP contribution is -2.52. The highest BCUT2D eigenvalue weighted by molar-refractivity contribution is 6.06. The third-order valence-electron chi connectivity index (χ3n) is 12.3. The SMILES string of the molecule is C/C(=N\NC(=O)c1cccc(NC2(c3nc(-c4ccncc4)n[nH]3)CCNCC2)c1)c1cccc(OCCCCCOCCCOCCNc2cccc3c2CN(C2CCC(=O)NC2=O)C3=O)c1. The zero-order valence-electron chi connectivity index (χ0n) is 38.4. The van der Waals surface area contributed by atoms with E-state index in [1.54, 1.807) is 29.4 Å². The number of hydrogen-bond acceptors (Lipinski definition) is 14. The largest absolute Gasteiger partial charge is 0.494 e. The maximum Gasteiger partial charge on any atom is 0.271 e. The molecule has 5 aromatic rings. The predicted octanol–water partition coefficient (Wildman–Crippen LogP) is 5.56. The fourth-order valence-corrected chi connectivity index (χ4v) is 8.62. The molecule has 18 heteroatoms. The summed E-state index contributed by atoms with van der Waals surface area (Å²) in [7, 11) is 0. The van der Waals surface area contributed by atoms with Crippen LogP contribution in [-0.2, 0) is 31.1 Å². The van der Waals surface area contributed by atoms with Crippen molar-refractivity contribution in [3.63, 3.8) is 0 Å². The van der Waals surface area contributed by atoms with Gasteiger partial charge in [0.1, 0.15) is 11.8 Å². The van der Waals surface area contributed by atoms with Gasteiger partial charge in [-0.2, -0.15) is 10.2 Å². The van der Waals surface area contributed by atoms with Gasteiger partial charge < -0.3 is 35.1 Å². The van der Waals surface area contributed by atoms with E-state index in [0.29, 0.717) is 75.2 Å². The van der Waals surface area contributed by atoms with Gasteiger partial charge in [0.25, 0.3) is 11.8 Å². The highest BCUT2D eigenvalue weighted by Crippen LogP contribution is 2.35. The fourth-order valence-electron chi connectivity index (χ4n) is 8.62.